The number of hydrogen-bond donors (Lipinski definition) is 2. The molecule has 5 heteroatoms. The lowest BCUT2D eigenvalue weighted by Gasteiger charge is -2.26. The second-order valence-corrected chi connectivity index (χ2v) is 6.45. The van der Waals surface area contributed by atoms with Crippen molar-refractivity contribution in [2.24, 2.45) is 0 Å². The molecule has 5 nitrogen and oxygen atoms in total. The highest BCUT2D eigenvalue weighted by molar-refractivity contribution is 5.94. The van der Waals surface area contributed by atoms with E-state index in [4.69, 9.17) is 9.47 Å². The van der Waals surface area contributed by atoms with Gasteiger partial charge in [0.05, 0.1) is 12.2 Å². The van der Waals surface area contributed by atoms with Gasteiger partial charge in [-0.15, -0.1) is 0 Å². The van der Waals surface area contributed by atoms with E-state index in [-0.39, 0.29) is 24.2 Å². The molecule has 1 atom stereocenters. The van der Waals surface area contributed by atoms with Crippen LogP contribution in [0.15, 0.2) is 24.3 Å². The van der Waals surface area contributed by atoms with E-state index in [1.807, 2.05) is 12.1 Å². The van der Waals surface area contributed by atoms with Crippen molar-refractivity contribution in [3.63, 3.8) is 0 Å². The summed E-state index contributed by atoms with van der Waals surface area (Å²) in [6, 6.07) is 7.43. The number of hydrogen-bond acceptors (Lipinski definition) is 4. The normalized spacial score (nSPS) is 27.6. The summed E-state index contributed by atoms with van der Waals surface area (Å²) in [6.45, 7) is 1.35. The van der Waals surface area contributed by atoms with Gasteiger partial charge in [-0.25, -0.2) is 0 Å². The first-order valence-corrected chi connectivity index (χ1v) is 8.54. The highest BCUT2D eigenvalue weighted by Gasteiger charge is 2.21. The molecule has 0 aromatic heterocycles. The molecular formula is C18H25NO4. The first-order valence-electron chi connectivity index (χ1n) is 8.54. The van der Waals surface area contributed by atoms with Crippen molar-refractivity contribution < 1.29 is 19.4 Å². The second kappa shape index (κ2) is 7.79. The molecule has 0 spiro atoms. The summed E-state index contributed by atoms with van der Waals surface area (Å²) in [6.07, 6.45) is 5.27. The van der Waals surface area contributed by atoms with Gasteiger partial charge in [0.15, 0.2) is 0 Å². The minimum Gasteiger partial charge on any atom is -0.491 e. The third kappa shape index (κ3) is 4.69. The first-order chi connectivity index (χ1) is 11.2. The summed E-state index contributed by atoms with van der Waals surface area (Å²) in [5.41, 5.74) is 0.612. The Labute approximate surface area is 137 Å². The van der Waals surface area contributed by atoms with Crippen LogP contribution in [0.25, 0.3) is 0 Å². The number of nitrogens with one attached hydrogen (secondary N) is 1. The van der Waals surface area contributed by atoms with E-state index in [1.54, 1.807) is 12.1 Å². The molecule has 1 unspecified atom stereocenters. The fraction of sp³-hybridized carbons (Fsp3) is 0.611. The molecule has 1 saturated heterocycles. The Morgan fingerprint density at radius 3 is 2.83 bits per heavy atom. The quantitative estimate of drug-likeness (QED) is 0.874. The molecule has 2 fully saturated rings. The predicted octanol–water partition coefficient (Wildman–Crippen LogP) is 2.28. The standard InChI is InChI=1S/C18H25NO4/c20-15-8-6-14(7-9-15)19-18(21)13-3-1-4-16(11-13)23-12-17-5-2-10-22-17/h1,3-4,11,14-15,17,20H,2,5-10,12H2,(H,19,21). The molecule has 1 aliphatic carbocycles. The van der Waals surface area contributed by atoms with Gasteiger partial charge in [-0.05, 0) is 56.7 Å². The number of carbonyl (C=O) groups is 1. The lowest BCUT2D eigenvalue weighted by molar-refractivity contribution is 0.0679. The maximum atomic E-state index is 12.4. The average molecular weight is 319 g/mol. The van der Waals surface area contributed by atoms with Crippen LogP contribution in [0.2, 0.25) is 0 Å². The molecule has 0 radical (unpaired) electrons. The van der Waals surface area contributed by atoms with Crippen LogP contribution < -0.4 is 10.1 Å². The van der Waals surface area contributed by atoms with Crippen molar-refractivity contribution >= 4 is 5.91 Å². The minimum atomic E-state index is -0.210. The van der Waals surface area contributed by atoms with Gasteiger partial charge in [0.1, 0.15) is 12.4 Å². The number of ether oxygens (including phenoxy) is 2. The van der Waals surface area contributed by atoms with Crippen LogP contribution in [0.4, 0.5) is 0 Å². The fourth-order valence-electron chi connectivity index (χ4n) is 3.18. The monoisotopic (exact) mass is 319 g/mol. The Morgan fingerprint density at radius 1 is 1.26 bits per heavy atom. The largest absolute Gasteiger partial charge is 0.491 e. The summed E-state index contributed by atoms with van der Waals surface area (Å²) < 4.78 is 11.3. The fourth-order valence-corrected chi connectivity index (χ4v) is 3.18. The van der Waals surface area contributed by atoms with Gasteiger partial charge in [-0.3, -0.25) is 4.79 Å². The van der Waals surface area contributed by atoms with Crippen molar-refractivity contribution in [2.75, 3.05) is 13.2 Å². The van der Waals surface area contributed by atoms with Gasteiger partial charge in [0.2, 0.25) is 0 Å². The van der Waals surface area contributed by atoms with Crippen LogP contribution in [0.1, 0.15) is 48.9 Å². The molecule has 2 N–H and O–H groups in total. The van der Waals surface area contributed by atoms with Crippen LogP contribution in [0.5, 0.6) is 5.75 Å². The second-order valence-electron chi connectivity index (χ2n) is 6.45. The summed E-state index contributed by atoms with van der Waals surface area (Å²) in [7, 11) is 0. The number of aliphatic hydroxyl groups excluding tert-OH is 1. The molecule has 1 heterocycles. The minimum absolute atomic E-state index is 0.0750. The maximum Gasteiger partial charge on any atom is 0.251 e. The zero-order valence-electron chi connectivity index (χ0n) is 13.4. The maximum absolute atomic E-state index is 12.4. The predicted molar refractivity (Wildman–Crippen MR) is 86.6 cm³/mol. The SMILES string of the molecule is O=C(NC1CCC(O)CC1)c1cccc(OCC2CCCO2)c1. The number of benzene rings is 1. The van der Waals surface area contributed by atoms with Crippen molar-refractivity contribution in [3.05, 3.63) is 29.8 Å². The van der Waals surface area contributed by atoms with E-state index >= 15 is 0 Å². The van der Waals surface area contributed by atoms with Crippen molar-refractivity contribution in [3.8, 4) is 5.75 Å². The van der Waals surface area contributed by atoms with Gasteiger partial charge >= 0.3 is 0 Å². The molecule has 23 heavy (non-hydrogen) atoms. The van der Waals surface area contributed by atoms with Gasteiger partial charge in [0, 0.05) is 18.2 Å². The van der Waals surface area contributed by atoms with Gasteiger partial charge in [0.25, 0.3) is 5.91 Å². The van der Waals surface area contributed by atoms with E-state index in [9.17, 15) is 9.90 Å². The number of rotatable bonds is 5. The Kier molecular flexibility index (Phi) is 5.51. The number of carbonyl (C=O) groups excluding carboxylic acids is 1. The summed E-state index contributed by atoms with van der Waals surface area (Å²) in [4.78, 5) is 12.4. The van der Waals surface area contributed by atoms with E-state index in [1.165, 1.54) is 0 Å². The molecule has 0 bridgehead atoms. The number of amides is 1. The lowest BCUT2D eigenvalue weighted by atomic mass is 9.93. The van der Waals surface area contributed by atoms with Crippen LogP contribution >= 0.6 is 0 Å². The molecule has 126 valence electrons. The molecule has 1 amide bonds. The van der Waals surface area contributed by atoms with Gasteiger partial charge < -0.3 is 19.9 Å². The van der Waals surface area contributed by atoms with Crippen LogP contribution in [0, 0.1) is 0 Å². The Hall–Kier alpha value is -1.59. The molecule has 2 aliphatic rings. The molecule has 1 aromatic carbocycles. The molecule has 1 saturated carbocycles. The molecular weight excluding hydrogens is 294 g/mol. The Balaban J connectivity index is 1.52. The summed E-state index contributed by atoms with van der Waals surface area (Å²) in [5.74, 6) is 0.626. The smallest absolute Gasteiger partial charge is 0.251 e. The molecule has 3 rings (SSSR count). The van der Waals surface area contributed by atoms with Crippen molar-refractivity contribution in [1.82, 2.24) is 5.32 Å². The third-order valence-electron chi connectivity index (χ3n) is 4.59. The van der Waals surface area contributed by atoms with Crippen LogP contribution in [0.3, 0.4) is 0 Å². The highest BCUT2D eigenvalue weighted by Crippen LogP contribution is 2.20. The summed E-state index contributed by atoms with van der Waals surface area (Å²) >= 11 is 0. The Morgan fingerprint density at radius 2 is 2.09 bits per heavy atom. The van der Waals surface area contributed by atoms with Crippen LogP contribution in [-0.4, -0.2) is 42.5 Å². The zero-order chi connectivity index (χ0) is 16.1. The molecule has 1 aromatic rings. The van der Waals surface area contributed by atoms with Crippen LogP contribution in [-0.2, 0) is 4.74 Å². The first kappa shape index (κ1) is 16.3. The number of aliphatic hydroxyl groups is 1. The summed E-state index contributed by atoms with van der Waals surface area (Å²) in [5, 5.41) is 12.6. The zero-order valence-corrected chi connectivity index (χ0v) is 13.4. The average Bonchev–Trinajstić information content (AvgIpc) is 3.09. The van der Waals surface area contributed by atoms with Crippen molar-refractivity contribution in [2.45, 2.75) is 56.8 Å². The van der Waals surface area contributed by atoms with Gasteiger partial charge in [-0.1, -0.05) is 6.07 Å². The van der Waals surface area contributed by atoms with E-state index in [0.29, 0.717) is 17.9 Å². The molecule has 1 aliphatic heterocycles. The van der Waals surface area contributed by atoms with E-state index in [0.717, 1.165) is 45.1 Å². The van der Waals surface area contributed by atoms with Gasteiger partial charge in [-0.2, -0.15) is 0 Å². The van der Waals surface area contributed by atoms with Crippen molar-refractivity contribution in [1.29, 1.82) is 0 Å². The van der Waals surface area contributed by atoms with E-state index in [2.05, 4.69) is 5.32 Å². The highest BCUT2D eigenvalue weighted by atomic mass is 16.5. The third-order valence-corrected chi connectivity index (χ3v) is 4.59. The van der Waals surface area contributed by atoms with E-state index < -0.39 is 0 Å². The lowest BCUT2D eigenvalue weighted by Crippen LogP contribution is -2.38. The topological polar surface area (TPSA) is 67.8 Å². The Bertz CT molecular complexity index is 520.